The Morgan fingerprint density at radius 1 is 1.32 bits per heavy atom. The SMILES string of the molecule is COC(=O)CCn1ncc2c1CCC[C@H]2NS(=O)(=O)c1cnc(Oc2ccccc2Cl)c(Br)c1. The van der Waals surface area contributed by atoms with E-state index in [4.69, 9.17) is 16.3 Å². The Kier molecular flexibility index (Phi) is 7.56. The summed E-state index contributed by atoms with van der Waals surface area (Å²) >= 11 is 9.46. The molecule has 0 amide bonds. The molecule has 0 spiro atoms. The Hall–Kier alpha value is -2.47. The zero-order chi connectivity index (χ0) is 24.3. The first-order chi connectivity index (χ1) is 16.3. The Bertz CT molecular complexity index is 1310. The molecule has 4 rings (SSSR count). The van der Waals surface area contributed by atoms with Gasteiger partial charge in [-0.05, 0) is 53.4 Å². The number of nitrogens with zero attached hydrogens (tertiary/aromatic N) is 3. The minimum Gasteiger partial charge on any atom is -0.469 e. The maximum absolute atomic E-state index is 13.1. The van der Waals surface area contributed by atoms with Gasteiger partial charge < -0.3 is 9.47 Å². The third-order valence-corrected chi connectivity index (χ3v) is 7.77. The number of hydrogen-bond acceptors (Lipinski definition) is 7. The average Bonchev–Trinajstić information content (AvgIpc) is 3.24. The standard InChI is InChI=1S/C22H22BrClN4O5S/c1-32-21(29)9-10-28-19-7-4-6-18(15(19)13-26-28)27-34(30,31)14-11-16(23)22(25-12-14)33-20-8-3-2-5-17(20)24/h2-3,5,8,11-13,18,27H,4,6-7,9-10H2,1H3/t18-/m1/s1. The number of halogens is 2. The van der Waals surface area contributed by atoms with E-state index in [2.05, 4.69) is 35.5 Å². The number of carbonyl (C=O) groups excluding carboxylic acids is 1. The van der Waals surface area contributed by atoms with Crippen LogP contribution in [0.25, 0.3) is 0 Å². The molecule has 2 heterocycles. The predicted octanol–water partition coefficient (Wildman–Crippen LogP) is 4.41. The second kappa shape index (κ2) is 10.4. The fourth-order valence-corrected chi connectivity index (χ4v) is 5.73. The summed E-state index contributed by atoms with van der Waals surface area (Å²) in [4.78, 5) is 15.6. The van der Waals surface area contributed by atoms with Gasteiger partial charge in [-0.15, -0.1) is 0 Å². The lowest BCUT2D eigenvalue weighted by Crippen LogP contribution is -2.31. The van der Waals surface area contributed by atoms with Gasteiger partial charge in [-0.3, -0.25) is 9.48 Å². The highest BCUT2D eigenvalue weighted by Gasteiger charge is 2.29. The lowest BCUT2D eigenvalue weighted by atomic mass is 9.94. The predicted molar refractivity (Wildman–Crippen MR) is 128 cm³/mol. The van der Waals surface area contributed by atoms with E-state index in [9.17, 15) is 13.2 Å². The summed E-state index contributed by atoms with van der Waals surface area (Å²) in [6, 6.07) is 7.92. The van der Waals surface area contributed by atoms with Gasteiger partial charge in [-0.1, -0.05) is 23.7 Å². The zero-order valence-electron chi connectivity index (χ0n) is 18.2. The van der Waals surface area contributed by atoms with E-state index in [0.29, 0.717) is 28.2 Å². The number of methoxy groups -OCH3 is 1. The molecule has 180 valence electrons. The molecule has 9 nitrogen and oxygen atoms in total. The topological polar surface area (TPSA) is 112 Å². The lowest BCUT2D eigenvalue weighted by molar-refractivity contribution is -0.140. The number of sulfonamides is 1. The smallest absolute Gasteiger partial charge is 0.307 e. The molecule has 1 aliphatic carbocycles. The van der Waals surface area contributed by atoms with Gasteiger partial charge in [0.05, 0.1) is 48.0 Å². The van der Waals surface area contributed by atoms with Crippen LogP contribution in [0, 0.1) is 0 Å². The number of esters is 1. The van der Waals surface area contributed by atoms with E-state index in [1.165, 1.54) is 19.4 Å². The molecule has 3 aromatic rings. The van der Waals surface area contributed by atoms with Crippen LogP contribution in [0.5, 0.6) is 11.6 Å². The first-order valence-electron chi connectivity index (χ1n) is 10.5. The Morgan fingerprint density at radius 3 is 2.85 bits per heavy atom. The van der Waals surface area contributed by atoms with Crippen LogP contribution in [0.1, 0.15) is 36.6 Å². The maximum Gasteiger partial charge on any atom is 0.307 e. The highest BCUT2D eigenvalue weighted by atomic mass is 79.9. The van der Waals surface area contributed by atoms with Crippen molar-refractivity contribution in [2.75, 3.05) is 7.11 Å². The van der Waals surface area contributed by atoms with Gasteiger partial charge in [0.2, 0.25) is 15.9 Å². The van der Waals surface area contributed by atoms with Crippen molar-refractivity contribution in [2.24, 2.45) is 0 Å². The Morgan fingerprint density at radius 2 is 2.12 bits per heavy atom. The van der Waals surface area contributed by atoms with Crippen molar-refractivity contribution in [1.29, 1.82) is 0 Å². The van der Waals surface area contributed by atoms with Crippen LogP contribution in [0.15, 0.2) is 52.1 Å². The maximum atomic E-state index is 13.1. The van der Waals surface area contributed by atoms with Crippen molar-refractivity contribution < 1.29 is 22.7 Å². The fourth-order valence-electron chi connectivity index (χ4n) is 3.75. The van der Waals surface area contributed by atoms with Crippen LogP contribution in [-0.2, 0) is 32.5 Å². The van der Waals surface area contributed by atoms with Crippen molar-refractivity contribution in [3.8, 4) is 11.6 Å². The second-order valence-corrected chi connectivity index (χ2v) is 10.6. The average molecular weight is 570 g/mol. The summed E-state index contributed by atoms with van der Waals surface area (Å²) in [5.41, 5.74) is 1.73. The number of aryl methyl sites for hydroxylation is 1. The molecule has 0 radical (unpaired) electrons. The van der Waals surface area contributed by atoms with Crippen LogP contribution < -0.4 is 9.46 Å². The van der Waals surface area contributed by atoms with E-state index < -0.39 is 16.1 Å². The summed E-state index contributed by atoms with van der Waals surface area (Å²) < 4.78 is 41.5. The monoisotopic (exact) mass is 568 g/mol. The van der Waals surface area contributed by atoms with Gasteiger partial charge in [-0.2, -0.15) is 5.10 Å². The highest BCUT2D eigenvalue weighted by molar-refractivity contribution is 9.10. The fraction of sp³-hybridized carbons (Fsp3) is 0.318. The number of para-hydroxylation sites is 1. The normalized spacial score (nSPS) is 15.6. The molecule has 1 atom stereocenters. The summed E-state index contributed by atoms with van der Waals surface area (Å²) in [6.45, 7) is 0.380. The minimum absolute atomic E-state index is 0.00362. The molecule has 0 fully saturated rings. The molecule has 0 aliphatic heterocycles. The molecule has 2 aromatic heterocycles. The number of benzene rings is 1. The Balaban J connectivity index is 1.51. The van der Waals surface area contributed by atoms with Crippen LogP contribution in [-0.4, -0.2) is 36.3 Å². The molecular formula is C22H22BrClN4O5S. The highest BCUT2D eigenvalue weighted by Crippen LogP contribution is 2.34. The molecule has 0 unspecified atom stereocenters. The minimum atomic E-state index is -3.88. The number of aromatic nitrogens is 3. The summed E-state index contributed by atoms with van der Waals surface area (Å²) in [5.74, 6) is 0.279. The molecule has 12 heteroatoms. The quantitative estimate of drug-likeness (QED) is 0.400. The van der Waals surface area contributed by atoms with Gasteiger partial charge in [-0.25, -0.2) is 18.1 Å². The van der Waals surface area contributed by atoms with Gasteiger partial charge >= 0.3 is 5.97 Å². The van der Waals surface area contributed by atoms with Gasteiger partial charge in [0.25, 0.3) is 0 Å². The summed E-state index contributed by atoms with van der Waals surface area (Å²) in [6.07, 6.45) is 5.28. The number of hydrogen-bond donors (Lipinski definition) is 1. The van der Waals surface area contributed by atoms with Crippen molar-refractivity contribution in [3.63, 3.8) is 0 Å². The zero-order valence-corrected chi connectivity index (χ0v) is 21.4. The van der Waals surface area contributed by atoms with Crippen LogP contribution in [0.4, 0.5) is 0 Å². The van der Waals surface area contributed by atoms with E-state index >= 15 is 0 Å². The molecule has 1 aliphatic rings. The lowest BCUT2D eigenvalue weighted by Gasteiger charge is -2.24. The van der Waals surface area contributed by atoms with E-state index in [-0.39, 0.29) is 23.2 Å². The van der Waals surface area contributed by atoms with E-state index in [1.54, 1.807) is 35.1 Å². The van der Waals surface area contributed by atoms with Crippen molar-refractivity contribution >= 4 is 43.5 Å². The van der Waals surface area contributed by atoms with Gasteiger partial charge in [0, 0.05) is 11.3 Å². The third kappa shape index (κ3) is 5.43. The summed E-state index contributed by atoms with van der Waals surface area (Å²) in [7, 11) is -2.54. The number of pyridine rings is 1. The van der Waals surface area contributed by atoms with Crippen LogP contribution >= 0.6 is 27.5 Å². The van der Waals surface area contributed by atoms with Crippen LogP contribution in [0.3, 0.4) is 0 Å². The number of rotatable bonds is 8. The number of fused-ring (bicyclic) bond motifs is 1. The first kappa shape index (κ1) is 24.6. The van der Waals surface area contributed by atoms with Crippen LogP contribution in [0.2, 0.25) is 5.02 Å². The van der Waals surface area contributed by atoms with E-state index in [1.807, 2.05) is 0 Å². The molecule has 0 bridgehead atoms. The molecule has 0 saturated carbocycles. The van der Waals surface area contributed by atoms with E-state index in [0.717, 1.165) is 24.1 Å². The number of ether oxygens (including phenoxy) is 2. The summed E-state index contributed by atoms with van der Waals surface area (Å²) in [5, 5.41) is 4.77. The van der Waals surface area contributed by atoms with Gasteiger partial charge in [0.15, 0.2) is 0 Å². The van der Waals surface area contributed by atoms with Crippen molar-refractivity contribution in [1.82, 2.24) is 19.5 Å². The van der Waals surface area contributed by atoms with Crippen molar-refractivity contribution in [3.05, 3.63) is 63.5 Å². The molecule has 1 aromatic carbocycles. The van der Waals surface area contributed by atoms with Gasteiger partial charge in [0.1, 0.15) is 10.6 Å². The molecular weight excluding hydrogens is 548 g/mol. The second-order valence-electron chi connectivity index (χ2n) is 7.65. The largest absolute Gasteiger partial charge is 0.469 e. The third-order valence-electron chi connectivity index (χ3n) is 5.45. The Labute approximate surface area is 210 Å². The number of carbonyl (C=O) groups is 1. The van der Waals surface area contributed by atoms with Crippen molar-refractivity contribution in [2.45, 2.75) is 43.2 Å². The molecule has 0 saturated heterocycles. The number of nitrogens with one attached hydrogen (secondary N) is 1. The first-order valence-corrected chi connectivity index (χ1v) is 13.2. The molecule has 1 N–H and O–H groups in total. The molecule has 34 heavy (non-hydrogen) atoms.